The minimum atomic E-state index is -0.492. The average Bonchev–Trinajstić information content (AvgIpc) is 3.48. The number of nitrogens with one attached hydrogen (secondary N) is 1. The van der Waals surface area contributed by atoms with E-state index in [1.807, 2.05) is 30.3 Å². The molecule has 0 spiro atoms. The van der Waals surface area contributed by atoms with Crippen LogP contribution >= 0.6 is 11.6 Å². The number of ether oxygens (including phenoxy) is 1. The van der Waals surface area contributed by atoms with Gasteiger partial charge in [-0.05, 0) is 50.6 Å². The Hall–Kier alpha value is -2.38. The SMILES string of the molecule is Cc1c(Cl)nc(NC[C@H]2CCCN2CC2CC2)c(=O)n1CC(=O)OCc1ccccc1. The van der Waals surface area contributed by atoms with Crippen LogP contribution in [-0.4, -0.2) is 46.1 Å². The summed E-state index contributed by atoms with van der Waals surface area (Å²) in [5.41, 5.74) is 0.984. The van der Waals surface area contributed by atoms with Crippen LogP contribution in [0.15, 0.2) is 35.1 Å². The van der Waals surface area contributed by atoms with Gasteiger partial charge in [0.15, 0.2) is 11.0 Å². The molecule has 7 nitrogen and oxygen atoms in total. The Kier molecular flexibility index (Phi) is 6.92. The highest BCUT2D eigenvalue weighted by Gasteiger charge is 2.31. The summed E-state index contributed by atoms with van der Waals surface area (Å²) in [6.07, 6.45) is 4.95. The van der Waals surface area contributed by atoms with Gasteiger partial charge in [-0.2, -0.15) is 0 Å². The van der Waals surface area contributed by atoms with E-state index in [2.05, 4.69) is 15.2 Å². The summed E-state index contributed by atoms with van der Waals surface area (Å²) >= 11 is 6.28. The maximum absolute atomic E-state index is 13.0. The van der Waals surface area contributed by atoms with Crippen molar-refractivity contribution in [3.63, 3.8) is 0 Å². The molecule has 4 rings (SSSR count). The average molecular weight is 445 g/mol. The van der Waals surface area contributed by atoms with E-state index in [-0.39, 0.29) is 29.7 Å². The first-order valence-corrected chi connectivity index (χ1v) is 11.3. The second-order valence-electron chi connectivity index (χ2n) is 8.49. The lowest BCUT2D eigenvalue weighted by Crippen LogP contribution is -2.38. The maximum Gasteiger partial charge on any atom is 0.326 e. The van der Waals surface area contributed by atoms with Gasteiger partial charge in [0, 0.05) is 19.1 Å². The van der Waals surface area contributed by atoms with Crippen LogP contribution in [0.2, 0.25) is 5.15 Å². The molecule has 1 atom stereocenters. The molecule has 1 aromatic heterocycles. The molecule has 0 bridgehead atoms. The van der Waals surface area contributed by atoms with Crippen LogP contribution in [0.5, 0.6) is 0 Å². The fraction of sp³-hybridized carbons (Fsp3) is 0.522. The number of esters is 1. The van der Waals surface area contributed by atoms with E-state index in [9.17, 15) is 9.59 Å². The van der Waals surface area contributed by atoms with Gasteiger partial charge in [0.25, 0.3) is 5.56 Å². The van der Waals surface area contributed by atoms with Gasteiger partial charge in [0.2, 0.25) is 0 Å². The van der Waals surface area contributed by atoms with Gasteiger partial charge in [-0.1, -0.05) is 41.9 Å². The minimum Gasteiger partial charge on any atom is -0.459 e. The van der Waals surface area contributed by atoms with Crippen LogP contribution in [0.4, 0.5) is 5.82 Å². The molecule has 0 radical (unpaired) electrons. The highest BCUT2D eigenvalue weighted by atomic mass is 35.5. The van der Waals surface area contributed by atoms with Crippen molar-refractivity contribution in [2.24, 2.45) is 5.92 Å². The molecule has 2 aliphatic rings. The number of aromatic nitrogens is 2. The lowest BCUT2D eigenvalue weighted by molar-refractivity contribution is -0.145. The van der Waals surface area contributed by atoms with Crippen molar-refractivity contribution in [3.8, 4) is 0 Å². The summed E-state index contributed by atoms with van der Waals surface area (Å²) in [7, 11) is 0. The summed E-state index contributed by atoms with van der Waals surface area (Å²) in [5.74, 6) is 0.532. The number of rotatable bonds is 9. The third kappa shape index (κ3) is 5.66. The van der Waals surface area contributed by atoms with Crippen LogP contribution in [0.25, 0.3) is 0 Å². The number of benzene rings is 1. The molecule has 1 aliphatic carbocycles. The summed E-state index contributed by atoms with van der Waals surface area (Å²) in [5, 5.41) is 3.40. The summed E-state index contributed by atoms with van der Waals surface area (Å²) in [6.45, 7) is 4.54. The molecule has 1 N–H and O–H groups in total. The van der Waals surface area contributed by atoms with Crippen molar-refractivity contribution >= 4 is 23.4 Å². The highest BCUT2D eigenvalue weighted by molar-refractivity contribution is 6.30. The number of carbonyl (C=O) groups is 1. The molecule has 1 aliphatic heterocycles. The van der Waals surface area contributed by atoms with Crippen LogP contribution in [-0.2, 0) is 22.7 Å². The topological polar surface area (TPSA) is 76.5 Å². The lowest BCUT2D eigenvalue weighted by atomic mass is 10.2. The van der Waals surface area contributed by atoms with Crippen molar-refractivity contribution in [1.82, 2.24) is 14.5 Å². The first kappa shape index (κ1) is 21.8. The van der Waals surface area contributed by atoms with Gasteiger partial charge >= 0.3 is 5.97 Å². The van der Waals surface area contributed by atoms with E-state index in [1.54, 1.807) is 6.92 Å². The van der Waals surface area contributed by atoms with E-state index in [0.717, 1.165) is 31.0 Å². The lowest BCUT2D eigenvalue weighted by Gasteiger charge is -2.25. The number of halogens is 1. The molecule has 1 saturated heterocycles. The summed E-state index contributed by atoms with van der Waals surface area (Å²) in [6, 6.07) is 9.82. The van der Waals surface area contributed by atoms with Gasteiger partial charge < -0.3 is 10.1 Å². The second-order valence-corrected chi connectivity index (χ2v) is 8.85. The molecular weight excluding hydrogens is 416 g/mol. The number of nitrogens with zero attached hydrogens (tertiary/aromatic N) is 3. The van der Waals surface area contributed by atoms with Crippen LogP contribution in [0.3, 0.4) is 0 Å². The van der Waals surface area contributed by atoms with Crippen molar-refractivity contribution in [2.75, 3.05) is 25.0 Å². The van der Waals surface area contributed by atoms with E-state index >= 15 is 0 Å². The van der Waals surface area contributed by atoms with Crippen molar-refractivity contribution < 1.29 is 9.53 Å². The van der Waals surface area contributed by atoms with Gasteiger partial charge in [-0.3, -0.25) is 19.1 Å². The molecule has 8 heteroatoms. The van der Waals surface area contributed by atoms with Gasteiger partial charge in [0.1, 0.15) is 13.2 Å². The fourth-order valence-electron chi connectivity index (χ4n) is 4.05. The fourth-order valence-corrected chi connectivity index (χ4v) is 4.24. The molecule has 31 heavy (non-hydrogen) atoms. The number of carbonyl (C=O) groups excluding carboxylic acids is 1. The second kappa shape index (κ2) is 9.83. The predicted octanol–water partition coefficient (Wildman–Crippen LogP) is 3.23. The quantitative estimate of drug-likeness (QED) is 0.598. The van der Waals surface area contributed by atoms with Crippen LogP contribution < -0.4 is 10.9 Å². The highest BCUT2D eigenvalue weighted by Crippen LogP contribution is 2.32. The van der Waals surface area contributed by atoms with Gasteiger partial charge in [0.05, 0.1) is 5.69 Å². The Morgan fingerprint density at radius 3 is 2.77 bits per heavy atom. The first-order valence-electron chi connectivity index (χ1n) is 11.0. The van der Waals surface area contributed by atoms with Gasteiger partial charge in [-0.25, -0.2) is 4.98 Å². The van der Waals surface area contributed by atoms with Crippen molar-refractivity contribution in [2.45, 2.75) is 51.8 Å². The zero-order chi connectivity index (χ0) is 21.8. The molecule has 1 aromatic carbocycles. The zero-order valence-corrected chi connectivity index (χ0v) is 18.6. The minimum absolute atomic E-state index is 0.163. The van der Waals surface area contributed by atoms with E-state index in [0.29, 0.717) is 18.3 Å². The Labute approximate surface area is 187 Å². The predicted molar refractivity (Wildman–Crippen MR) is 120 cm³/mol. The largest absolute Gasteiger partial charge is 0.459 e. The molecular formula is C23H29ClN4O3. The van der Waals surface area contributed by atoms with E-state index in [1.165, 1.54) is 23.8 Å². The zero-order valence-electron chi connectivity index (χ0n) is 17.8. The normalized spacial score (nSPS) is 18.8. The third-order valence-electron chi connectivity index (χ3n) is 6.08. The summed E-state index contributed by atoms with van der Waals surface area (Å²) < 4.78 is 6.67. The number of anilines is 1. The number of likely N-dealkylation sites (tertiary alicyclic amines) is 1. The molecule has 0 amide bonds. The molecule has 0 unspecified atom stereocenters. The Bertz CT molecular complexity index is 975. The van der Waals surface area contributed by atoms with Crippen molar-refractivity contribution in [1.29, 1.82) is 0 Å². The Morgan fingerprint density at radius 2 is 2.03 bits per heavy atom. The van der Waals surface area contributed by atoms with Crippen LogP contribution in [0, 0.1) is 12.8 Å². The smallest absolute Gasteiger partial charge is 0.326 e. The van der Waals surface area contributed by atoms with Crippen LogP contribution in [0.1, 0.15) is 36.9 Å². The van der Waals surface area contributed by atoms with E-state index in [4.69, 9.17) is 16.3 Å². The first-order chi connectivity index (χ1) is 15.0. The number of hydrogen-bond acceptors (Lipinski definition) is 6. The molecule has 1 saturated carbocycles. The standard InChI is InChI=1S/C23H29ClN4O3/c1-16-21(24)26-22(25-12-19-8-5-11-27(19)13-17-9-10-17)23(30)28(16)14-20(29)31-15-18-6-3-2-4-7-18/h2-4,6-7,17,19H,5,8-15H2,1H3,(H,25,26)/t19-/m1/s1. The number of hydrogen-bond donors (Lipinski definition) is 1. The monoisotopic (exact) mass is 444 g/mol. The summed E-state index contributed by atoms with van der Waals surface area (Å²) in [4.78, 5) is 32.1. The molecule has 2 heterocycles. The Morgan fingerprint density at radius 1 is 1.26 bits per heavy atom. The molecule has 2 fully saturated rings. The molecule has 2 aromatic rings. The third-order valence-corrected chi connectivity index (χ3v) is 6.44. The van der Waals surface area contributed by atoms with Gasteiger partial charge in [-0.15, -0.1) is 0 Å². The van der Waals surface area contributed by atoms with Crippen molar-refractivity contribution in [3.05, 3.63) is 57.1 Å². The van der Waals surface area contributed by atoms with E-state index < -0.39 is 5.97 Å². The Balaban J connectivity index is 1.40. The molecule has 166 valence electrons. The maximum atomic E-state index is 13.0.